The van der Waals surface area contributed by atoms with Gasteiger partial charge >= 0.3 is 0 Å². The zero-order valence-corrected chi connectivity index (χ0v) is 28.1. The van der Waals surface area contributed by atoms with Crippen LogP contribution in [0.25, 0.3) is 66.2 Å². The van der Waals surface area contributed by atoms with Crippen molar-refractivity contribution in [2.45, 2.75) is 0 Å². The van der Waals surface area contributed by atoms with E-state index in [4.69, 9.17) is 16.5 Å². The average molecular weight is 666 g/mol. The average Bonchev–Trinajstić information content (AvgIpc) is 3.55. The van der Waals surface area contributed by atoms with Crippen molar-refractivity contribution in [2.75, 3.05) is 4.90 Å². The molecule has 0 radical (unpaired) electrons. The molecule has 0 amide bonds. The molecule has 5 heteroatoms. The molecule has 0 fully saturated rings. The molecule has 0 atom stereocenters. The number of anilines is 3. The van der Waals surface area contributed by atoms with Crippen LogP contribution < -0.4 is 4.90 Å². The normalized spacial score (nSPS) is 11.1. The Kier molecular flexibility index (Phi) is 7.81. The Bertz CT molecular complexity index is 2690. The zero-order chi connectivity index (χ0) is 34.9. The van der Waals surface area contributed by atoms with Gasteiger partial charge in [-0.1, -0.05) is 121 Å². The lowest BCUT2D eigenvalue weighted by atomic mass is 10.1. The number of hydrogen-bond acceptors (Lipinski definition) is 3. The molecule has 244 valence electrons. The van der Waals surface area contributed by atoms with Crippen molar-refractivity contribution in [3.05, 3.63) is 199 Å². The smallest absolute Gasteiger partial charge is 0.198 e. The van der Waals surface area contributed by atoms with Gasteiger partial charge in [0.15, 0.2) is 5.69 Å². The molecule has 0 bridgehead atoms. The molecular formula is C47H31N5. The van der Waals surface area contributed by atoms with Gasteiger partial charge < -0.3 is 9.47 Å². The third kappa shape index (κ3) is 5.55. The van der Waals surface area contributed by atoms with E-state index in [1.165, 1.54) is 10.8 Å². The van der Waals surface area contributed by atoms with Crippen LogP contribution in [0.1, 0.15) is 0 Å². The van der Waals surface area contributed by atoms with Gasteiger partial charge in [0, 0.05) is 50.2 Å². The molecule has 9 rings (SSSR count). The summed E-state index contributed by atoms with van der Waals surface area (Å²) in [6.45, 7) is 7.75. The first-order chi connectivity index (χ1) is 25.7. The van der Waals surface area contributed by atoms with Crippen molar-refractivity contribution in [1.82, 2.24) is 14.5 Å². The number of hydrogen-bond donors (Lipinski definition) is 0. The first-order valence-electron chi connectivity index (χ1n) is 17.2. The van der Waals surface area contributed by atoms with Gasteiger partial charge in [0.2, 0.25) is 0 Å². The van der Waals surface area contributed by atoms with Crippen LogP contribution in [0.5, 0.6) is 0 Å². The Morgan fingerprint density at radius 3 is 1.69 bits per heavy atom. The van der Waals surface area contributed by atoms with Gasteiger partial charge in [0.1, 0.15) is 5.82 Å². The molecule has 9 aromatic rings. The summed E-state index contributed by atoms with van der Waals surface area (Å²) in [4.78, 5) is 16.0. The monoisotopic (exact) mass is 665 g/mol. The maximum absolute atomic E-state index is 7.75. The van der Waals surface area contributed by atoms with Gasteiger partial charge in [0.25, 0.3) is 0 Å². The standard InChI is InChI=1S/C47H31N5/c1-48-42-23-13-11-22-40(42)47-49-43(33-15-5-2-6-16-33)32-44(50-47)34-25-27-37(28-26-34)52-45-24-14-12-21-39(45)41-31-38(29-30-46(41)52)51(35-17-7-3-8-18-35)36-19-9-4-10-20-36/h2-32H. The van der Waals surface area contributed by atoms with E-state index < -0.39 is 0 Å². The van der Waals surface area contributed by atoms with Crippen LogP contribution in [-0.4, -0.2) is 14.5 Å². The summed E-state index contributed by atoms with van der Waals surface area (Å²) in [5, 5.41) is 2.37. The van der Waals surface area contributed by atoms with Crippen LogP contribution in [0.2, 0.25) is 0 Å². The van der Waals surface area contributed by atoms with E-state index in [1.807, 2.05) is 60.7 Å². The van der Waals surface area contributed by atoms with Crippen molar-refractivity contribution >= 4 is 44.6 Å². The highest BCUT2D eigenvalue weighted by Gasteiger charge is 2.18. The SMILES string of the molecule is [C-]#[N+]c1ccccc1-c1nc(-c2ccccc2)cc(-c2ccc(-n3c4ccccc4c4cc(N(c5ccccc5)c5ccccc5)ccc43)cc2)n1. The van der Waals surface area contributed by atoms with Crippen molar-refractivity contribution in [2.24, 2.45) is 0 Å². The lowest BCUT2D eigenvalue weighted by Gasteiger charge is -2.25. The summed E-state index contributed by atoms with van der Waals surface area (Å²) < 4.78 is 2.33. The highest BCUT2D eigenvalue weighted by Crippen LogP contribution is 2.40. The minimum atomic E-state index is 0.527. The summed E-state index contributed by atoms with van der Waals surface area (Å²) in [6.07, 6.45) is 0. The van der Waals surface area contributed by atoms with Gasteiger partial charge in [-0.2, -0.15) is 0 Å². The highest BCUT2D eigenvalue weighted by atomic mass is 15.1. The van der Waals surface area contributed by atoms with Gasteiger partial charge in [-0.3, -0.25) is 0 Å². The van der Waals surface area contributed by atoms with E-state index in [-0.39, 0.29) is 0 Å². The molecule has 7 aromatic carbocycles. The second-order valence-corrected chi connectivity index (χ2v) is 12.6. The summed E-state index contributed by atoms with van der Waals surface area (Å²) in [6, 6.07) is 64.6. The third-order valence-electron chi connectivity index (χ3n) is 9.43. The lowest BCUT2D eigenvalue weighted by Crippen LogP contribution is -2.09. The Hall–Kier alpha value is -7.29. The number of para-hydroxylation sites is 4. The highest BCUT2D eigenvalue weighted by molar-refractivity contribution is 6.10. The van der Waals surface area contributed by atoms with Crippen molar-refractivity contribution in [1.29, 1.82) is 0 Å². The quantitative estimate of drug-likeness (QED) is 0.159. The summed E-state index contributed by atoms with van der Waals surface area (Å²) in [7, 11) is 0. The molecule has 52 heavy (non-hydrogen) atoms. The van der Waals surface area contributed by atoms with Crippen LogP contribution in [0.15, 0.2) is 188 Å². The maximum atomic E-state index is 7.75. The second-order valence-electron chi connectivity index (χ2n) is 12.6. The molecule has 0 N–H and O–H groups in total. The minimum Gasteiger partial charge on any atom is -0.310 e. The van der Waals surface area contributed by atoms with Crippen molar-refractivity contribution in [3.8, 4) is 39.6 Å². The van der Waals surface area contributed by atoms with E-state index >= 15 is 0 Å². The molecule has 2 aromatic heterocycles. The Labute approximate surface area is 302 Å². The molecule has 0 saturated carbocycles. The van der Waals surface area contributed by atoms with Crippen LogP contribution in [0.3, 0.4) is 0 Å². The Morgan fingerprint density at radius 1 is 0.462 bits per heavy atom. The third-order valence-corrected chi connectivity index (χ3v) is 9.43. The molecule has 2 heterocycles. The van der Waals surface area contributed by atoms with Crippen molar-refractivity contribution < 1.29 is 0 Å². The van der Waals surface area contributed by atoms with Crippen LogP contribution in [-0.2, 0) is 0 Å². The van der Waals surface area contributed by atoms with Gasteiger partial charge in [-0.15, -0.1) is 0 Å². The van der Waals surface area contributed by atoms with E-state index in [2.05, 4.69) is 142 Å². The van der Waals surface area contributed by atoms with Gasteiger partial charge in [-0.25, -0.2) is 14.8 Å². The lowest BCUT2D eigenvalue weighted by molar-refractivity contribution is 1.17. The fourth-order valence-electron chi connectivity index (χ4n) is 6.99. The van der Waals surface area contributed by atoms with Gasteiger partial charge in [-0.05, 0) is 66.7 Å². The predicted molar refractivity (Wildman–Crippen MR) is 214 cm³/mol. The fraction of sp³-hybridized carbons (Fsp3) is 0. The van der Waals surface area contributed by atoms with E-state index in [0.717, 1.165) is 61.9 Å². The second kappa shape index (κ2) is 13.2. The number of nitrogens with zero attached hydrogens (tertiary/aromatic N) is 5. The maximum Gasteiger partial charge on any atom is 0.198 e. The molecule has 0 aliphatic heterocycles. The number of aromatic nitrogens is 3. The number of fused-ring (bicyclic) bond motifs is 3. The molecule has 5 nitrogen and oxygen atoms in total. The predicted octanol–water partition coefficient (Wildman–Crippen LogP) is 12.6. The molecule has 0 spiro atoms. The fourth-order valence-corrected chi connectivity index (χ4v) is 6.99. The molecule has 0 aliphatic rings. The first-order valence-corrected chi connectivity index (χ1v) is 17.2. The first kappa shape index (κ1) is 30.7. The summed E-state index contributed by atoms with van der Waals surface area (Å²) in [5.74, 6) is 0.533. The van der Waals surface area contributed by atoms with E-state index in [0.29, 0.717) is 11.5 Å². The van der Waals surface area contributed by atoms with Crippen LogP contribution in [0.4, 0.5) is 22.7 Å². The minimum absolute atomic E-state index is 0.527. The number of rotatable bonds is 7. The van der Waals surface area contributed by atoms with Crippen molar-refractivity contribution in [3.63, 3.8) is 0 Å². The van der Waals surface area contributed by atoms with E-state index in [9.17, 15) is 0 Å². The molecule has 0 saturated heterocycles. The Balaban J connectivity index is 1.16. The molecular weight excluding hydrogens is 635 g/mol. The summed E-state index contributed by atoms with van der Waals surface area (Å²) >= 11 is 0. The van der Waals surface area contributed by atoms with Crippen LogP contribution >= 0.6 is 0 Å². The summed E-state index contributed by atoms with van der Waals surface area (Å²) in [5.41, 5.74) is 11.4. The zero-order valence-electron chi connectivity index (χ0n) is 28.1. The van der Waals surface area contributed by atoms with E-state index in [1.54, 1.807) is 0 Å². The topological polar surface area (TPSA) is 38.3 Å². The Morgan fingerprint density at radius 2 is 1.02 bits per heavy atom. The van der Waals surface area contributed by atoms with Gasteiger partial charge in [0.05, 0.1) is 29.0 Å². The number of benzene rings is 7. The molecule has 0 unspecified atom stereocenters. The van der Waals surface area contributed by atoms with Crippen LogP contribution in [0, 0.1) is 6.57 Å². The largest absolute Gasteiger partial charge is 0.310 e. The molecule has 0 aliphatic carbocycles.